The lowest BCUT2D eigenvalue weighted by molar-refractivity contribution is -0.129. The molecule has 1 aliphatic carbocycles. The summed E-state index contributed by atoms with van der Waals surface area (Å²) in [6.07, 6.45) is 3.91. The van der Waals surface area contributed by atoms with Gasteiger partial charge in [0.1, 0.15) is 0 Å². The fraction of sp³-hybridized carbons (Fsp3) is 0.500. The van der Waals surface area contributed by atoms with E-state index in [1.165, 1.54) is 0 Å². The third-order valence-corrected chi connectivity index (χ3v) is 5.81. The first-order valence-electron chi connectivity index (χ1n) is 7.47. The highest BCUT2D eigenvalue weighted by atomic mass is 35.5. The third-order valence-electron chi connectivity index (χ3n) is 4.98. The number of ketones is 1. The lowest BCUT2D eigenvalue weighted by Gasteiger charge is -2.39. The Hall–Kier alpha value is -0.790. The highest BCUT2D eigenvalue weighted by Gasteiger charge is 2.42. The van der Waals surface area contributed by atoms with Gasteiger partial charge >= 0.3 is 0 Å². The van der Waals surface area contributed by atoms with Crippen LogP contribution in [0.5, 0.6) is 0 Å². The second-order valence-corrected chi connectivity index (χ2v) is 7.37. The van der Waals surface area contributed by atoms with Crippen LogP contribution in [0.1, 0.15) is 46.1 Å². The molecule has 0 saturated heterocycles. The minimum atomic E-state index is -0.274. The summed E-state index contributed by atoms with van der Waals surface area (Å²) in [7, 11) is 0. The van der Waals surface area contributed by atoms with E-state index < -0.39 is 0 Å². The molecule has 0 spiro atoms. The highest BCUT2D eigenvalue weighted by Crippen LogP contribution is 2.44. The van der Waals surface area contributed by atoms with Crippen molar-refractivity contribution in [3.8, 4) is 0 Å². The summed E-state index contributed by atoms with van der Waals surface area (Å²) < 4.78 is 0. The Morgan fingerprint density at radius 2 is 2.00 bits per heavy atom. The van der Waals surface area contributed by atoms with Crippen LogP contribution in [-0.4, -0.2) is 5.78 Å². The summed E-state index contributed by atoms with van der Waals surface area (Å²) in [4.78, 5) is 13.0. The summed E-state index contributed by atoms with van der Waals surface area (Å²) in [5.74, 6) is 0.849. The van der Waals surface area contributed by atoms with Gasteiger partial charge in [-0.3, -0.25) is 4.79 Å². The standard InChI is InChI=1S/C18H22Cl2O/c1-11(2)18(4)9-8-12(3)14(17(18)21)10-13-6-5-7-15(19)16(13)20/h5-7,10-12H,8-9H2,1-4H3/b14-10+/t12-,18+/m0/s1. The summed E-state index contributed by atoms with van der Waals surface area (Å²) in [6, 6.07) is 5.53. The Labute approximate surface area is 137 Å². The molecule has 1 nitrogen and oxygen atoms in total. The highest BCUT2D eigenvalue weighted by molar-refractivity contribution is 6.43. The zero-order chi connectivity index (χ0) is 15.8. The van der Waals surface area contributed by atoms with Crippen molar-refractivity contribution in [2.75, 3.05) is 0 Å². The number of Topliss-reactive ketones (excluding diaryl/α,β-unsaturated/α-hetero) is 1. The van der Waals surface area contributed by atoms with E-state index in [1.807, 2.05) is 18.2 Å². The van der Waals surface area contributed by atoms with Gasteiger partial charge < -0.3 is 0 Å². The Morgan fingerprint density at radius 1 is 1.33 bits per heavy atom. The molecule has 0 radical (unpaired) electrons. The maximum absolute atomic E-state index is 13.0. The molecule has 114 valence electrons. The number of allylic oxidation sites excluding steroid dienone is 1. The molecule has 0 aliphatic heterocycles. The number of carbonyl (C=O) groups is 1. The van der Waals surface area contributed by atoms with E-state index in [1.54, 1.807) is 6.07 Å². The number of carbonyl (C=O) groups excluding carboxylic acids is 1. The number of hydrogen-bond donors (Lipinski definition) is 0. The summed E-state index contributed by atoms with van der Waals surface area (Å²) in [5.41, 5.74) is 1.43. The molecule has 21 heavy (non-hydrogen) atoms. The smallest absolute Gasteiger partial charge is 0.165 e. The van der Waals surface area contributed by atoms with E-state index in [0.717, 1.165) is 24.0 Å². The lowest BCUT2D eigenvalue weighted by Crippen LogP contribution is -2.40. The SMILES string of the molecule is CC(C)[C@@]1(C)CC[C@H](C)/C(=C\c2cccc(Cl)c2Cl)C1=O. The topological polar surface area (TPSA) is 17.1 Å². The maximum atomic E-state index is 13.0. The van der Waals surface area contributed by atoms with Gasteiger partial charge in [-0.05, 0) is 48.0 Å². The van der Waals surface area contributed by atoms with Gasteiger partial charge in [0.2, 0.25) is 0 Å². The van der Waals surface area contributed by atoms with Crippen LogP contribution in [-0.2, 0) is 4.79 Å². The summed E-state index contributed by atoms with van der Waals surface area (Å²) in [6.45, 7) is 8.44. The molecular formula is C18H22Cl2O. The van der Waals surface area contributed by atoms with Gasteiger partial charge in [0.25, 0.3) is 0 Å². The Morgan fingerprint density at radius 3 is 2.62 bits per heavy atom. The van der Waals surface area contributed by atoms with Crippen LogP contribution in [0.3, 0.4) is 0 Å². The van der Waals surface area contributed by atoms with Crippen molar-refractivity contribution in [1.29, 1.82) is 0 Å². The quantitative estimate of drug-likeness (QED) is 0.606. The summed E-state index contributed by atoms with van der Waals surface area (Å²) >= 11 is 12.3. The molecule has 2 atom stereocenters. The number of benzene rings is 1. The molecule has 0 aromatic heterocycles. The molecule has 1 aromatic rings. The second-order valence-electron chi connectivity index (χ2n) is 6.58. The molecular weight excluding hydrogens is 303 g/mol. The van der Waals surface area contributed by atoms with Crippen molar-refractivity contribution < 1.29 is 4.79 Å². The fourth-order valence-corrected chi connectivity index (χ4v) is 3.26. The molecule has 0 amide bonds. The molecule has 0 heterocycles. The van der Waals surface area contributed by atoms with Crippen molar-refractivity contribution in [3.63, 3.8) is 0 Å². The fourth-order valence-electron chi connectivity index (χ4n) is 2.90. The van der Waals surface area contributed by atoms with Crippen LogP contribution in [0.15, 0.2) is 23.8 Å². The zero-order valence-electron chi connectivity index (χ0n) is 13.0. The third kappa shape index (κ3) is 3.05. The molecule has 1 fully saturated rings. The largest absolute Gasteiger partial charge is 0.294 e. The molecule has 0 N–H and O–H groups in total. The van der Waals surface area contributed by atoms with Gasteiger partial charge in [0.05, 0.1) is 10.0 Å². The molecule has 1 aromatic carbocycles. The maximum Gasteiger partial charge on any atom is 0.165 e. The van der Waals surface area contributed by atoms with E-state index >= 15 is 0 Å². The van der Waals surface area contributed by atoms with Crippen molar-refractivity contribution in [3.05, 3.63) is 39.4 Å². The van der Waals surface area contributed by atoms with E-state index in [-0.39, 0.29) is 17.1 Å². The lowest BCUT2D eigenvalue weighted by atomic mass is 9.63. The first-order valence-corrected chi connectivity index (χ1v) is 8.23. The van der Waals surface area contributed by atoms with Gasteiger partial charge in [-0.15, -0.1) is 0 Å². The van der Waals surface area contributed by atoms with Crippen LogP contribution in [0.25, 0.3) is 6.08 Å². The minimum absolute atomic E-state index is 0.257. The monoisotopic (exact) mass is 324 g/mol. The molecule has 2 rings (SSSR count). The number of hydrogen-bond acceptors (Lipinski definition) is 1. The van der Waals surface area contributed by atoms with E-state index in [2.05, 4.69) is 27.7 Å². The van der Waals surface area contributed by atoms with Gasteiger partial charge in [-0.1, -0.05) is 63.0 Å². The van der Waals surface area contributed by atoms with Crippen LogP contribution in [0, 0.1) is 17.3 Å². The van der Waals surface area contributed by atoms with Crippen molar-refractivity contribution in [1.82, 2.24) is 0 Å². The Balaban J connectivity index is 2.47. The molecule has 3 heteroatoms. The predicted octanol–water partition coefficient (Wildman–Crippen LogP) is 6.04. The van der Waals surface area contributed by atoms with Crippen molar-refractivity contribution in [2.24, 2.45) is 17.3 Å². The van der Waals surface area contributed by atoms with Gasteiger partial charge in [0, 0.05) is 5.41 Å². The molecule has 0 bridgehead atoms. The van der Waals surface area contributed by atoms with E-state index in [9.17, 15) is 4.79 Å². The van der Waals surface area contributed by atoms with Gasteiger partial charge in [-0.25, -0.2) is 0 Å². The van der Waals surface area contributed by atoms with Gasteiger partial charge in [0.15, 0.2) is 5.78 Å². The minimum Gasteiger partial charge on any atom is -0.294 e. The van der Waals surface area contributed by atoms with Crippen LogP contribution in [0.4, 0.5) is 0 Å². The molecule has 1 aliphatic rings. The zero-order valence-corrected chi connectivity index (χ0v) is 14.6. The van der Waals surface area contributed by atoms with Gasteiger partial charge in [-0.2, -0.15) is 0 Å². The second kappa shape index (κ2) is 6.14. The first-order chi connectivity index (χ1) is 9.77. The van der Waals surface area contributed by atoms with Crippen LogP contribution < -0.4 is 0 Å². The van der Waals surface area contributed by atoms with Crippen molar-refractivity contribution >= 4 is 35.1 Å². The normalized spacial score (nSPS) is 28.4. The van der Waals surface area contributed by atoms with E-state index in [4.69, 9.17) is 23.2 Å². The average Bonchev–Trinajstić information content (AvgIpc) is 2.43. The van der Waals surface area contributed by atoms with Crippen LogP contribution >= 0.6 is 23.2 Å². The molecule has 0 unspecified atom stereocenters. The predicted molar refractivity (Wildman–Crippen MR) is 90.8 cm³/mol. The number of halogens is 2. The molecule has 1 saturated carbocycles. The first kappa shape index (κ1) is 16.6. The van der Waals surface area contributed by atoms with E-state index in [0.29, 0.717) is 16.0 Å². The average molecular weight is 325 g/mol. The Bertz CT molecular complexity index is 589. The van der Waals surface area contributed by atoms with Crippen molar-refractivity contribution in [2.45, 2.75) is 40.5 Å². The number of rotatable bonds is 2. The Kier molecular flexibility index (Phi) is 4.85. The van der Waals surface area contributed by atoms with Crippen LogP contribution in [0.2, 0.25) is 10.0 Å². The summed E-state index contributed by atoms with van der Waals surface area (Å²) in [5, 5.41) is 1.04.